The molecule has 76 valence electrons. The standard InChI is InChI=1S/C10H12ClIN2/c11-8-5-7(1-2-9(8)12)10-6-13-3-4-14-10/h1-2,5,10,13-14H,3-4,6H2/t10-/m0/s1. The molecule has 0 spiro atoms. The van der Waals surface area contributed by atoms with E-state index in [0.717, 1.165) is 28.2 Å². The van der Waals surface area contributed by atoms with Gasteiger partial charge in [-0.25, -0.2) is 0 Å². The highest BCUT2D eigenvalue weighted by atomic mass is 127. The smallest absolute Gasteiger partial charge is 0.0542 e. The Bertz CT molecular complexity index is 324. The summed E-state index contributed by atoms with van der Waals surface area (Å²) in [6.07, 6.45) is 0. The number of halogens is 2. The van der Waals surface area contributed by atoms with Crippen LogP contribution in [-0.4, -0.2) is 19.6 Å². The van der Waals surface area contributed by atoms with Gasteiger partial charge >= 0.3 is 0 Å². The minimum atomic E-state index is 0.401. The molecule has 0 aliphatic carbocycles. The molecule has 1 aromatic rings. The van der Waals surface area contributed by atoms with Gasteiger partial charge in [-0.05, 0) is 40.3 Å². The number of nitrogens with one attached hydrogen (secondary N) is 2. The number of benzene rings is 1. The van der Waals surface area contributed by atoms with Crippen LogP contribution < -0.4 is 10.6 Å². The quantitative estimate of drug-likeness (QED) is 0.775. The topological polar surface area (TPSA) is 24.1 Å². The second kappa shape index (κ2) is 4.79. The average molecular weight is 323 g/mol. The zero-order valence-electron chi connectivity index (χ0n) is 7.69. The largest absolute Gasteiger partial charge is 0.314 e. The summed E-state index contributed by atoms with van der Waals surface area (Å²) in [5.41, 5.74) is 1.27. The molecule has 2 N–H and O–H groups in total. The maximum Gasteiger partial charge on any atom is 0.0542 e. The van der Waals surface area contributed by atoms with Crippen LogP contribution in [0.25, 0.3) is 0 Å². The number of hydrogen-bond donors (Lipinski definition) is 2. The Kier molecular flexibility index (Phi) is 3.65. The van der Waals surface area contributed by atoms with Crippen molar-refractivity contribution in [3.8, 4) is 0 Å². The second-order valence-corrected chi connectivity index (χ2v) is 4.95. The second-order valence-electron chi connectivity index (χ2n) is 3.38. The summed E-state index contributed by atoms with van der Waals surface area (Å²) in [4.78, 5) is 0. The molecule has 0 amide bonds. The van der Waals surface area contributed by atoms with Crippen LogP contribution in [0.2, 0.25) is 5.02 Å². The molecule has 1 aliphatic heterocycles. The lowest BCUT2D eigenvalue weighted by Crippen LogP contribution is -2.42. The maximum atomic E-state index is 6.08. The first-order valence-electron chi connectivity index (χ1n) is 4.66. The van der Waals surface area contributed by atoms with Crippen molar-refractivity contribution in [2.24, 2.45) is 0 Å². The molecule has 1 saturated heterocycles. The van der Waals surface area contributed by atoms with Crippen molar-refractivity contribution < 1.29 is 0 Å². The van der Waals surface area contributed by atoms with Crippen LogP contribution in [0.4, 0.5) is 0 Å². The molecule has 4 heteroatoms. The van der Waals surface area contributed by atoms with Gasteiger partial charge in [0.05, 0.1) is 5.02 Å². The van der Waals surface area contributed by atoms with Gasteiger partial charge in [0.1, 0.15) is 0 Å². The molecule has 0 aromatic heterocycles. The van der Waals surface area contributed by atoms with E-state index in [1.54, 1.807) is 0 Å². The number of piperazine rings is 1. The molecular formula is C10H12ClIN2. The van der Waals surface area contributed by atoms with Crippen LogP contribution in [0.5, 0.6) is 0 Å². The fourth-order valence-electron chi connectivity index (χ4n) is 1.62. The lowest BCUT2D eigenvalue weighted by Gasteiger charge is -2.25. The molecule has 0 unspecified atom stereocenters. The predicted molar refractivity (Wildman–Crippen MR) is 67.8 cm³/mol. The van der Waals surface area contributed by atoms with Crippen molar-refractivity contribution in [2.45, 2.75) is 6.04 Å². The minimum absolute atomic E-state index is 0.401. The van der Waals surface area contributed by atoms with E-state index in [1.807, 2.05) is 6.07 Å². The summed E-state index contributed by atoms with van der Waals surface area (Å²) in [6, 6.07) is 6.65. The molecule has 0 saturated carbocycles. The van der Waals surface area contributed by atoms with Gasteiger partial charge in [-0.3, -0.25) is 0 Å². The molecule has 2 nitrogen and oxygen atoms in total. The molecule has 1 heterocycles. The van der Waals surface area contributed by atoms with Crippen molar-refractivity contribution in [1.29, 1.82) is 0 Å². The third-order valence-electron chi connectivity index (χ3n) is 2.39. The summed E-state index contributed by atoms with van der Waals surface area (Å²) < 4.78 is 1.11. The van der Waals surface area contributed by atoms with Gasteiger partial charge in [0, 0.05) is 29.2 Å². The van der Waals surface area contributed by atoms with E-state index in [1.165, 1.54) is 5.56 Å². The van der Waals surface area contributed by atoms with Crippen molar-refractivity contribution >= 4 is 34.2 Å². The zero-order valence-corrected chi connectivity index (χ0v) is 10.6. The highest BCUT2D eigenvalue weighted by Gasteiger charge is 2.14. The summed E-state index contributed by atoms with van der Waals surface area (Å²) in [7, 11) is 0. The van der Waals surface area contributed by atoms with E-state index in [0.29, 0.717) is 6.04 Å². The molecule has 1 aromatic carbocycles. The van der Waals surface area contributed by atoms with Crippen LogP contribution in [0.15, 0.2) is 18.2 Å². The molecule has 1 aliphatic rings. The first-order valence-corrected chi connectivity index (χ1v) is 6.12. The number of hydrogen-bond acceptors (Lipinski definition) is 2. The van der Waals surface area contributed by atoms with Gasteiger partial charge < -0.3 is 10.6 Å². The van der Waals surface area contributed by atoms with E-state index in [9.17, 15) is 0 Å². The maximum absolute atomic E-state index is 6.08. The Morgan fingerprint density at radius 2 is 2.21 bits per heavy atom. The monoisotopic (exact) mass is 322 g/mol. The molecule has 2 rings (SSSR count). The molecule has 1 atom stereocenters. The summed E-state index contributed by atoms with van der Waals surface area (Å²) in [6.45, 7) is 3.06. The van der Waals surface area contributed by atoms with Crippen molar-refractivity contribution in [3.05, 3.63) is 32.4 Å². The lowest BCUT2D eigenvalue weighted by molar-refractivity contribution is 0.430. The van der Waals surface area contributed by atoms with E-state index in [4.69, 9.17) is 11.6 Å². The van der Waals surface area contributed by atoms with Crippen LogP contribution >= 0.6 is 34.2 Å². The zero-order chi connectivity index (χ0) is 9.97. The van der Waals surface area contributed by atoms with Crippen molar-refractivity contribution in [1.82, 2.24) is 10.6 Å². The van der Waals surface area contributed by atoms with E-state index in [-0.39, 0.29) is 0 Å². The third kappa shape index (κ3) is 2.39. The van der Waals surface area contributed by atoms with Crippen LogP contribution in [0, 0.1) is 3.57 Å². The first-order chi connectivity index (χ1) is 6.77. The average Bonchev–Trinajstić information content (AvgIpc) is 2.23. The summed E-state index contributed by atoms with van der Waals surface area (Å²) in [5, 5.41) is 7.66. The predicted octanol–water partition coefficient (Wildman–Crippen LogP) is 2.18. The Morgan fingerprint density at radius 1 is 1.36 bits per heavy atom. The Morgan fingerprint density at radius 3 is 2.86 bits per heavy atom. The van der Waals surface area contributed by atoms with E-state index in [2.05, 4.69) is 45.4 Å². The van der Waals surface area contributed by atoms with Crippen LogP contribution in [0.3, 0.4) is 0 Å². The molecule has 0 radical (unpaired) electrons. The van der Waals surface area contributed by atoms with E-state index < -0.39 is 0 Å². The first kappa shape index (κ1) is 10.7. The van der Waals surface area contributed by atoms with Gasteiger partial charge in [0.25, 0.3) is 0 Å². The summed E-state index contributed by atoms with van der Waals surface area (Å²) in [5.74, 6) is 0. The summed E-state index contributed by atoms with van der Waals surface area (Å²) >= 11 is 8.32. The van der Waals surface area contributed by atoms with Gasteiger partial charge in [-0.1, -0.05) is 17.7 Å². The van der Waals surface area contributed by atoms with Crippen molar-refractivity contribution in [2.75, 3.05) is 19.6 Å². The van der Waals surface area contributed by atoms with Gasteiger partial charge in [-0.2, -0.15) is 0 Å². The van der Waals surface area contributed by atoms with Crippen LogP contribution in [0.1, 0.15) is 11.6 Å². The normalized spacial score (nSPS) is 22.3. The fourth-order valence-corrected chi connectivity index (χ4v) is 2.14. The van der Waals surface area contributed by atoms with Gasteiger partial charge in [-0.15, -0.1) is 0 Å². The molecule has 0 bridgehead atoms. The Hall–Kier alpha value is 0.160. The third-order valence-corrected chi connectivity index (χ3v) is 3.96. The lowest BCUT2D eigenvalue weighted by atomic mass is 10.1. The van der Waals surface area contributed by atoms with E-state index >= 15 is 0 Å². The Labute approximate surface area is 103 Å². The van der Waals surface area contributed by atoms with Gasteiger partial charge in [0.2, 0.25) is 0 Å². The highest BCUT2D eigenvalue weighted by Crippen LogP contribution is 2.23. The fraction of sp³-hybridized carbons (Fsp3) is 0.400. The van der Waals surface area contributed by atoms with Gasteiger partial charge in [0.15, 0.2) is 0 Å². The molecule has 14 heavy (non-hydrogen) atoms. The van der Waals surface area contributed by atoms with Crippen molar-refractivity contribution in [3.63, 3.8) is 0 Å². The molecule has 1 fully saturated rings. The number of rotatable bonds is 1. The van der Waals surface area contributed by atoms with Crippen LogP contribution in [-0.2, 0) is 0 Å². The Balaban J connectivity index is 2.18. The highest BCUT2D eigenvalue weighted by molar-refractivity contribution is 14.1. The minimum Gasteiger partial charge on any atom is -0.314 e. The molecular weight excluding hydrogens is 310 g/mol. The SMILES string of the molecule is Clc1cc([C@@H]2CNCCN2)ccc1I.